The zero-order valence-electron chi connectivity index (χ0n) is 10.8. The number of aromatic nitrogens is 1. The topological polar surface area (TPSA) is 41.8 Å². The van der Waals surface area contributed by atoms with Crippen LogP contribution in [0.4, 0.5) is 4.39 Å². The van der Waals surface area contributed by atoms with Crippen LogP contribution in [0.25, 0.3) is 22.0 Å². The van der Waals surface area contributed by atoms with Crippen LogP contribution in [0.3, 0.4) is 0 Å². The molecule has 102 valence electrons. The Bertz CT molecular complexity index is 764. The molecule has 0 saturated heterocycles. The number of aromatic amines is 1. The molecule has 20 heavy (non-hydrogen) atoms. The van der Waals surface area contributed by atoms with Crippen LogP contribution in [-0.2, 0) is 6.42 Å². The summed E-state index contributed by atoms with van der Waals surface area (Å²) in [6.45, 7) is 0.521. The molecule has 1 heterocycles. The lowest BCUT2D eigenvalue weighted by Crippen LogP contribution is -2.03. The number of H-pyrrole nitrogens is 1. The van der Waals surface area contributed by atoms with Crippen molar-refractivity contribution in [2.45, 2.75) is 6.42 Å². The maximum atomic E-state index is 13.5. The second-order valence-electron chi connectivity index (χ2n) is 4.69. The molecule has 2 nitrogen and oxygen atoms in total. The molecule has 2 aromatic carbocycles. The minimum absolute atomic E-state index is 0.261. The number of benzene rings is 2. The van der Waals surface area contributed by atoms with E-state index in [-0.39, 0.29) is 5.82 Å². The van der Waals surface area contributed by atoms with E-state index in [1.54, 1.807) is 6.07 Å². The van der Waals surface area contributed by atoms with Gasteiger partial charge in [0, 0.05) is 28.6 Å². The number of halogens is 2. The van der Waals surface area contributed by atoms with Crippen molar-refractivity contribution in [2.24, 2.45) is 5.73 Å². The van der Waals surface area contributed by atoms with Crippen LogP contribution in [0.1, 0.15) is 5.69 Å². The van der Waals surface area contributed by atoms with Crippen LogP contribution in [0.5, 0.6) is 0 Å². The normalized spacial score (nSPS) is 11.2. The lowest BCUT2D eigenvalue weighted by molar-refractivity contribution is 0.628. The average Bonchev–Trinajstić information content (AvgIpc) is 2.79. The average molecular weight is 289 g/mol. The van der Waals surface area contributed by atoms with E-state index in [9.17, 15) is 4.39 Å². The number of hydrogen-bond acceptors (Lipinski definition) is 1. The molecule has 0 bridgehead atoms. The third-order valence-corrected chi connectivity index (χ3v) is 3.67. The Kier molecular flexibility index (Phi) is 3.47. The van der Waals surface area contributed by atoms with Gasteiger partial charge in [-0.3, -0.25) is 0 Å². The summed E-state index contributed by atoms with van der Waals surface area (Å²) >= 11 is 6.32. The predicted octanol–water partition coefficient (Wildman–Crippen LogP) is 4.13. The van der Waals surface area contributed by atoms with Gasteiger partial charge >= 0.3 is 0 Å². The summed E-state index contributed by atoms with van der Waals surface area (Å²) in [6, 6.07) is 12.2. The first kappa shape index (κ1) is 13.2. The van der Waals surface area contributed by atoms with Crippen LogP contribution in [0, 0.1) is 5.82 Å². The van der Waals surface area contributed by atoms with Gasteiger partial charge in [0.05, 0.1) is 5.02 Å². The molecular weight excluding hydrogens is 275 g/mol. The molecule has 0 radical (unpaired) electrons. The van der Waals surface area contributed by atoms with Crippen molar-refractivity contribution in [3.63, 3.8) is 0 Å². The first-order chi connectivity index (χ1) is 9.70. The summed E-state index contributed by atoms with van der Waals surface area (Å²) < 4.78 is 13.5. The number of rotatable bonds is 3. The van der Waals surface area contributed by atoms with E-state index >= 15 is 0 Å². The molecule has 1 aromatic heterocycles. The number of fused-ring (bicyclic) bond motifs is 1. The van der Waals surface area contributed by atoms with E-state index in [0.29, 0.717) is 18.0 Å². The zero-order valence-corrected chi connectivity index (χ0v) is 11.5. The molecular formula is C16H14ClFN2. The van der Waals surface area contributed by atoms with E-state index in [1.165, 1.54) is 12.1 Å². The smallest absolute Gasteiger partial charge is 0.123 e. The molecule has 0 atom stereocenters. The number of nitrogens with one attached hydrogen (secondary N) is 1. The first-order valence-corrected chi connectivity index (χ1v) is 6.83. The van der Waals surface area contributed by atoms with E-state index in [0.717, 1.165) is 27.7 Å². The van der Waals surface area contributed by atoms with Crippen molar-refractivity contribution in [2.75, 3.05) is 6.54 Å². The zero-order chi connectivity index (χ0) is 14.1. The summed E-state index contributed by atoms with van der Waals surface area (Å²) in [4.78, 5) is 3.34. The van der Waals surface area contributed by atoms with Gasteiger partial charge in [0.2, 0.25) is 0 Å². The highest BCUT2D eigenvalue weighted by molar-refractivity contribution is 6.36. The van der Waals surface area contributed by atoms with E-state index in [4.69, 9.17) is 17.3 Å². The van der Waals surface area contributed by atoms with Gasteiger partial charge in [-0.2, -0.15) is 0 Å². The molecule has 0 amide bonds. The Hall–Kier alpha value is -1.84. The van der Waals surface area contributed by atoms with Crippen LogP contribution < -0.4 is 5.73 Å². The standard InChI is InChI=1S/C16H14ClFN2/c17-12-5-2-6-13-16(12)15(14(20-13)7-8-19)10-3-1-4-11(18)9-10/h1-6,9,20H,7-8,19H2. The van der Waals surface area contributed by atoms with Crippen molar-refractivity contribution in [3.8, 4) is 11.1 Å². The van der Waals surface area contributed by atoms with E-state index in [2.05, 4.69) is 4.98 Å². The summed E-state index contributed by atoms with van der Waals surface area (Å²) in [5, 5.41) is 1.57. The van der Waals surface area contributed by atoms with Crippen LogP contribution in [0.2, 0.25) is 5.02 Å². The van der Waals surface area contributed by atoms with Gasteiger partial charge in [0.25, 0.3) is 0 Å². The number of hydrogen-bond donors (Lipinski definition) is 2. The fourth-order valence-electron chi connectivity index (χ4n) is 2.55. The SMILES string of the molecule is NCCc1[nH]c2cccc(Cl)c2c1-c1cccc(F)c1. The van der Waals surface area contributed by atoms with E-state index in [1.807, 2.05) is 24.3 Å². The maximum Gasteiger partial charge on any atom is 0.123 e. The second kappa shape index (κ2) is 5.27. The molecule has 3 N–H and O–H groups in total. The molecule has 0 aliphatic carbocycles. The molecule has 0 aliphatic rings. The molecule has 4 heteroatoms. The molecule has 0 unspecified atom stereocenters. The lowest BCUT2D eigenvalue weighted by atomic mass is 10.0. The van der Waals surface area contributed by atoms with Gasteiger partial charge in [-0.25, -0.2) is 4.39 Å². The van der Waals surface area contributed by atoms with Crippen molar-refractivity contribution < 1.29 is 4.39 Å². The fourth-order valence-corrected chi connectivity index (χ4v) is 2.82. The van der Waals surface area contributed by atoms with Gasteiger partial charge in [0.15, 0.2) is 0 Å². The molecule has 0 fully saturated rings. The Morgan fingerprint density at radius 3 is 2.70 bits per heavy atom. The van der Waals surface area contributed by atoms with Crippen LogP contribution >= 0.6 is 11.6 Å². The van der Waals surface area contributed by atoms with Crippen molar-refractivity contribution in [3.05, 3.63) is 59.0 Å². The van der Waals surface area contributed by atoms with Crippen molar-refractivity contribution in [1.29, 1.82) is 0 Å². The van der Waals surface area contributed by atoms with Gasteiger partial charge < -0.3 is 10.7 Å². The monoisotopic (exact) mass is 288 g/mol. The Morgan fingerprint density at radius 2 is 1.95 bits per heavy atom. The van der Waals surface area contributed by atoms with Gasteiger partial charge in [0.1, 0.15) is 5.82 Å². The Balaban J connectivity index is 2.34. The molecule has 0 spiro atoms. The Labute approximate surface area is 121 Å². The lowest BCUT2D eigenvalue weighted by Gasteiger charge is -2.05. The maximum absolute atomic E-state index is 13.5. The minimum atomic E-state index is -0.261. The summed E-state index contributed by atoms with van der Waals surface area (Å²) in [5.41, 5.74) is 9.36. The molecule has 3 aromatic rings. The number of nitrogens with two attached hydrogens (primary N) is 1. The van der Waals surface area contributed by atoms with Gasteiger partial charge in [-0.05, 0) is 36.4 Å². The third-order valence-electron chi connectivity index (χ3n) is 3.36. The highest BCUT2D eigenvalue weighted by Crippen LogP contribution is 2.37. The Morgan fingerprint density at radius 1 is 1.15 bits per heavy atom. The highest BCUT2D eigenvalue weighted by atomic mass is 35.5. The highest BCUT2D eigenvalue weighted by Gasteiger charge is 2.15. The van der Waals surface area contributed by atoms with Gasteiger partial charge in [-0.1, -0.05) is 29.8 Å². The summed E-state index contributed by atoms with van der Waals surface area (Å²) in [5.74, 6) is -0.261. The van der Waals surface area contributed by atoms with Crippen molar-refractivity contribution >= 4 is 22.5 Å². The van der Waals surface area contributed by atoms with E-state index < -0.39 is 0 Å². The second-order valence-corrected chi connectivity index (χ2v) is 5.10. The minimum Gasteiger partial charge on any atom is -0.358 e. The third kappa shape index (κ3) is 2.19. The summed E-state index contributed by atoms with van der Waals surface area (Å²) in [6.07, 6.45) is 0.691. The van der Waals surface area contributed by atoms with Crippen LogP contribution in [0.15, 0.2) is 42.5 Å². The fraction of sp³-hybridized carbons (Fsp3) is 0.125. The quantitative estimate of drug-likeness (QED) is 0.747. The van der Waals surface area contributed by atoms with Crippen LogP contribution in [-0.4, -0.2) is 11.5 Å². The molecule has 0 saturated carbocycles. The predicted molar refractivity (Wildman–Crippen MR) is 81.5 cm³/mol. The van der Waals surface area contributed by atoms with Gasteiger partial charge in [-0.15, -0.1) is 0 Å². The first-order valence-electron chi connectivity index (χ1n) is 6.46. The molecule has 3 rings (SSSR count). The molecule has 0 aliphatic heterocycles. The largest absolute Gasteiger partial charge is 0.358 e. The van der Waals surface area contributed by atoms with Crippen molar-refractivity contribution in [1.82, 2.24) is 4.98 Å². The summed E-state index contributed by atoms with van der Waals surface area (Å²) in [7, 11) is 0.